The average Bonchev–Trinajstić information content (AvgIpc) is 2.37. The molecule has 1 N–H and O–H groups in total. The van der Waals surface area contributed by atoms with Gasteiger partial charge in [-0.05, 0) is 6.07 Å². The molecule has 21 heavy (non-hydrogen) atoms. The van der Waals surface area contributed by atoms with Gasteiger partial charge < -0.3 is 5.32 Å². The molecule has 2 heterocycles. The van der Waals surface area contributed by atoms with E-state index >= 15 is 0 Å². The number of nitrogens with zero attached hydrogens (tertiary/aromatic N) is 2. The zero-order chi connectivity index (χ0) is 13.9. The van der Waals surface area contributed by atoms with Crippen LogP contribution in [-0.2, 0) is 0 Å². The summed E-state index contributed by atoms with van der Waals surface area (Å²) in [6.07, 6.45) is -4.16. The van der Waals surface area contributed by atoms with Crippen molar-refractivity contribution in [1.82, 2.24) is 15.2 Å². The molecule has 1 aliphatic heterocycles. The van der Waals surface area contributed by atoms with Gasteiger partial charge in [-0.2, -0.15) is 17.6 Å². The third-order valence-corrected chi connectivity index (χ3v) is 3.16. The molecular weight excluding hydrogens is 333 g/mol. The Morgan fingerprint density at radius 3 is 2.38 bits per heavy atom. The number of alkyl halides is 3. The molecule has 9 heteroatoms. The van der Waals surface area contributed by atoms with Gasteiger partial charge >= 0.3 is 6.18 Å². The van der Waals surface area contributed by atoms with Crippen molar-refractivity contribution in [3.63, 3.8) is 0 Å². The zero-order valence-electron chi connectivity index (χ0n) is 11.1. The van der Waals surface area contributed by atoms with Crippen molar-refractivity contribution in [2.75, 3.05) is 26.2 Å². The third kappa shape index (κ3) is 5.94. The number of aromatic nitrogens is 1. The second kappa shape index (κ2) is 8.73. The van der Waals surface area contributed by atoms with Gasteiger partial charge in [-0.15, -0.1) is 24.8 Å². The van der Waals surface area contributed by atoms with Crippen molar-refractivity contribution in [3.05, 3.63) is 29.8 Å². The summed E-state index contributed by atoms with van der Waals surface area (Å²) in [6.45, 7) is 2.15. The number of pyridine rings is 1. The fourth-order valence-electron chi connectivity index (χ4n) is 2.30. The Morgan fingerprint density at radius 2 is 1.86 bits per heavy atom. The van der Waals surface area contributed by atoms with Crippen LogP contribution in [0, 0.1) is 5.95 Å². The molecular formula is C12H17Cl2F4N3. The number of piperazine rings is 1. The minimum atomic E-state index is -4.34. The molecule has 0 aromatic carbocycles. The topological polar surface area (TPSA) is 28.2 Å². The first-order chi connectivity index (χ1) is 8.97. The largest absolute Gasteiger partial charge is 0.390 e. The summed E-state index contributed by atoms with van der Waals surface area (Å²) in [5, 5.41) is 3.07. The number of rotatable bonds is 3. The summed E-state index contributed by atoms with van der Waals surface area (Å²) < 4.78 is 51.7. The second-order valence-electron chi connectivity index (χ2n) is 4.50. The summed E-state index contributed by atoms with van der Waals surface area (Å²) in [7, 11) is 0. The maximum absolute atomic E-state index is 13.6. The van der Waals surface area contributed by atoms with Crippen LogP contribution in [0.2, 0.25) is 0 Å². The molecule has 3 nitrogen and oxygen atoms in total. The van der Waals surface area contributed by atoms with E-state index in [4.69, 9.17) is 0 Å². The molecule has 0 saturated carbocycles. The van der Waals surface area contributed by atoms with Crippen LogP contribution in [0.1, 0.15) is 18.0 Å². The molecule has 1 aromatic rings. The van der Waals surface area contributed by atoms with E-state index < -0.39 is 24.6 Å². The minimum Gasteiger partial charge on any atom is -0.314 e. The maximum atomic E-state index is 13.6. The highest BCUT2D eigenvalue weighted by atomic mass is 35.5. The van der Waals surface area contributed by atoms with Gasteiger partial charge in [-0.25, -0.2) is 4.98 Å². The molecule has 1 aromatic heterocycles. The number of halogens is 6. The molecule has 1 aliphatic rings. The maximum Gasteiger partial charge on any atom is 0.390 e. The lowest BCUT2D eigenvalue weighted by molar-refractivity contribution is -0.149. The van der Waals surface area contributed by atoms with Crippen LogP contribution in [0.5, 0.6) is 0 Å². The Kier molecular flexibility index (Phi) is 8.46. The summed E-state index contributed by atoms with van der Waals surface area (Å²) in [5.41, 5.74) is 0.0155. The van der Waals surface area contributed by atoms with Crippen molar-refractivity contribution < 1.29 is 17.6 Å². The highest BCUT2D eigenvalue weighted by molar-refractivity contribution is 5.85. The van der Waals surface area contributed by atoms with Gasteiger partial charge in [0.25, 0.3) is 0 Å². The number of hydrogen-bond acceptors (Lipinski definition) is 3. The molecule has 1 atom stereocenters. The van der Waals surface area contributed by atoms with Crippen LogP contribution in [0.25, 0.3) is 0 Å². The van der Waals surface area contributed by atoms with Crippen LogP contribution in [0.15, 0.2) is 18.3 Å². The standard InChI is InChI=1S/C12H15F4N3.2ClH/c13-11-9(2-1-3-18-11)10(8-12(14,15)16)19-6-4-17-5-7-19;;/h1-3,10,17H,4-8H2;2*1H/t10-;;/m0../s1. The van der Waals surface area contributed by atoms with E-state index in [0.717, 1.165) is 0 Å². The highest BCUT2D eigenvalue weighted by Crippen LogP contribution is 2.34. The Labute approximate surface area is 132 Å². The lowest BCUT2D eigenvalue weighted by Gasteiger charge is -2.35. The number of hydrogen-bond donors (Lipinski definition) is 1. The number of nitrogens with one attached hydrogen (secondary N) is 1. The first-order valence-corrected chi connectivity index (χ1v) is 6.09. The molecule has 0 aliphatic carbocycles. The van der Waals surface area contributed by atoms with Crippen LogP contribution in [-0.4, -0.2) is 42.2 Å². The van der Waals surface area contributed by atoms with Crippen LogP contribution in [0.3, 0.4) is 0 Å². The molecule has 0 unspecified atom stereocenters. The van der Waals surface area contributed by atoms with E-state index in [1.54, 1.807) is 4.90 Å². The molecule has 0 amide bonds. The third-order valence-electron chi connectivity index (χ3n) is 3.16. The van der Waals surface area contributed by atoms with Gasteiger partial charge in [-0.1, -0.05) is 6.07 Å². The van der Waals surface area contributed by atoms with Crippen molar-refractivity contribution in [2.24, 2.45) is 0 Å². The van der Waals surface area contributed by atoms with Crippen LogP contribution >= 0.6 is 24.8 Å². The quantitative estimate of drug-likeness (QED) is 0.671. The highest BCUT2D eigenvalue weighted by Gasteiger charge is 2.37. The molecule has 122 valence electrons. The molecule has 1 fully saturated rings. The summed E-state index contributed by atoms with van der Waals surface area (Å²) >= 11 is 0. The first kappa shape index (κ1) is 20.4. The fourth-order valence-corrected chi connectivity index (χ4v) is 2.30. The first-order valence-electron chi connectivity index (χ1n) is 6.09. The van der Waals surface area contributed by atoms with Gasteiger partial charge in [0.15, 0.2) is 0 Å². The minimum absolute atomic E-state index is 0. The van der Waals surface area contributed by atoms with Gasteiger partial charge in [0, 0.05) is 44.0 Å². The predicted molar refractivity (Wildman–Crippen MR) is 76.5 cm³/mol. The second-order valence-corrected chi connectivity index (χ2v) is 4.50. The SMILES string of the molecule is Cl.Cl.Fc1ncccc1[C@H](CC(F)(F)F)N1CCNCC1. The van der Waals surface area contributed by atoms with Crippen molar-refractivity contribution in [3.8, 4) is 0 Å². The Hall–Kier alpha value is -0.630. The smallest absolute Gasteiger partial charge is 0.314 e. The average molecular weight is 350 g/mol. The molecule has 2 rings (SSSR count). The monoisotopic (exact) mass is 349 g/mol. The van der Waals surface area contributed by atoms with Gasteiger partial charge in [0.2, 0.25) is 5.95 Å². The summed E-state index contributed by atoms with van der Waals surface area (Å²) in [6, 6.07) is 1.83. The molecule has 0 bridgehead atoms. The van der Waals surface area contributed by atoms with E-state index in [0.29, 0.717) is 26.2 Å². The van der Waals surface area contributed by atoms with Crippen molar-refractivity contribution >= 4 is 24.8 Å². The summed E-state index contributed by atoms with van der Waals surface area (Å²) in [4.78, 5) is 5.11. The summed E-state index contributed by atoms with van der Waals surface area (Å²) in [5.74, 6) is -0.824. The Balaban J connectivity index is 0.00000200. The fraction of sp³-hybridized carbons (Fsp3) is 0.583. The molecule has 1 saturated heterocycles. The zero-order valence-corrected chi connectivity index (χ0v) is 12.7. The van der Waals surface area contributed by atoms with E-state index in [-0.39, 0.29) is 30.4 Å². The van der Waals surface area contributed by atoms with E-state index in [1.807, 2.05) is 0 Å². The lowest BCUT2D eigenvalue weighted by Crippen LogP contribution is -2.46. The van der Waals surface area contributed by atoms with Crippen molar-refractivity contribution in [2.45, 2.75) is 18.6 Å². The van der Waals surface area contributed by atoms with Gasteiger partial charge in [0.1, 0.15) is 0 Å². The lowest BCUT2D eigenvalue weighted by atomic mass is 10.0. The predicted octanol–water partition coefficient (Wildman–Crippen LogP) is 2.96. The van der Waals surface area contributed by atoms with Crippen molar-refractivity contribution in [1.29, 1.82) is 0 Å². The Bertz CT molecular complexity index is 425. The molecule has 0 radical (unpaired) electrons. The van der Waals surface area contributed by atoms with E-state index in [2.05, 4.69) is 10.3 Å². The van der Waals surface area contributed by atoms with E-state index in [1.165, 1.54) is 18.3 Å². The van der Waals surface area contributed by atoms with Gasteiger partial charge in [0.05, 0.1) is 6.42 Å². The molecule has 0 spiro atoms. The van der Waals surface area contributed by atoms with Crippen LogP contribution in [0.4, 0.5) is 17.6 Å². The van der Waals surface area contributed by atoms with Crippen LogP contribution < -0.4 is 5.32 Å². The van der Waals surface area contributed by atoms with E-state index in [9.17, 15) is 17.6 Å². The Morgan fingerprint density at radius 1 is 1.24 bits per heavy atom. The van der Waals surface area contributed by atoms with Gasteiger partial charge in [-0.3, -0.25) is 4.90 Å². The normalized spacial score (nSPS) is 17.5.